The normalized spacial score (nSPS) is 24.7. The predicted octanol–water partition coefficient (Wildman–Crippen LogP) is 10.4. The first-order chi connectivity index (χ1) is 30.4. The van der Waals surface area contributed by atoms with Gasteiger partial charge in [0.05, 0.1) is 18.2 Å². The van der Waals surface area contributed by atoms with Crippen LogP contribution in [0.25, 0.3) is 0 Å². The van der Waals surface area contributed by atoms with Crippen molar-refractivity contribution in [3.05, 3.63) is 120 Å². The maximum Gasteiger partial charge on any atom is 0.239 e. The summed E-state index contributed by atoms with van der Waals surface area (Å²) in [6, 6.07) is 22.0. The summed E-state index contributed by atoms with van der Waals surface area (Å²) in [6.07, 6.45) is 16.1. The molecule has 1 amide bonds. The van der Waals surface area contributed by atoms with E-state index in [4.69, 9.17) is 24.2 Å². The number of aliphatic hydroxyl groups excluding tert-OH is 2. The number of unbranched alkanes of at least 4 members (excludes halogenated alkanes) is 2. The zero-order chi connectivity index (χ0) is 43.3. The van der Waals surface area contributed by atoms with Gasteiger partial charge in [-0.2, -0.15) is 0 Å². The highest BCUT2D eigenvalue weighted by Crippen LogP contribution is 2.62. The molecular weight excluding hydrogens is 784 g/mol. The number of nitrogens with zero attached hydrogens (tertiary/aromatic N) is 2. The van der Waals surface area contributed by atoms with Crippen molar-refractivity contribution in [2.24, 2.45) is 28.8 Å². The monoisotopic (exact) mass is 850 g/mol. The first-order valence-corrected chi connectivity index (χ1v) is 23.3. The molecule has 2 N–H and O–H groups in total. The van der Waals surface area contributed by atoms with Crippen molar-refractivity contribution in [2.75, 3.05) is 26.4 Å². The van der Waals surface area contributed by atoms with Gasteiger partial charge in [-0.3, -0.25) is 4.79 Å². The lowest BCUT2D eigenvalue weighted by atomic mass is 9.55. The van der Waals surface area contributed by atoms with E-state index in [2.05, 4.69) is 19.6 Å². The summed E-state index contributed by atoms with van der Waals surface area (Å²) in [4.78, 5) is 23.1. The third-order valence-corrected chi connectivity index (χ3v) is 13.6. The number of rotatable bonds is 23. The van der Waals surface area contributed by atoms with Crippen LogP contribution in [0.5, 0.6) is 11.5 Å². The largest absolute Gasteiger partial charge is 0.489 e. The van der Waals surface area contributed by atoms with Crippen molar-refractivity contribution in [3.8, 4) is 11.5 Å². The fourth-order valence-corrected chi connectivity index (χ4v) is 10.7. The van der Waals surface area contributed by atoms with E-state index in [0.717, 1.165) is 60.9 Å². The van der Waals surface area contributed by atoms with Gasteiger partial charge in [-0.05, 0) is 91.7 Å². The molecule has 6 unspecified atom stereocenters. The highest BCUT2D eigenvalue weighted by molar-refractivity contribution is 6.03. The van der Waals surface area contributed by atoms with Crippen molar-refractivity contribution in [2.45, 2.75) is 128 Å². The molecule has 10 heteroatoms. The first-order valence-electron chi connectivity index (χ1n) is 23.3. The summed E-state index contributed by atoms with van der Waals surface area (Å²) in [6.45, 7) is 7.49. The van der Waals surface area contributed by atoms with E-state index >= 15 is 0 Å². The molecule has 0 radical (unpaired) electrons. The van der Waals surface area contributed by atoms with Crippen LogP contribution in [0.15, 0.2) is 102 Å². The Morgan fingerprint density at radius 3 is 2.47 bits per heavy atom. The van der Waals surface area contributed by atoms with E-state index in [1.807, 2.05) is 53.4 Å². The second-order valence-electron chi connectivity index (χ2n) is 17.7. The Hall–Kier alpha value is -4.51. The number of allylic oxidation sites excluding steroid dienone is 1. The molecular formula is C52H67FN2O7. The Balaban J connectivity index is 1.39. The number of carbonyl (C=O) groups is 1. The Bertz CT molecular complexity index is 1980. The van der Waals surface area contributed by atoms with Gasteiger partial charge in [-0.15, -0.1) is 6.58 Å². The van der Waals surface area contributed by atoms with Gasteiger partial charge in [0.1, 0.15) is 36.6 Å². The van der Waals surface area contributed by atoms with Crippen LogP contribution in [0, 0.1) is 29.5 Å². The van der Waals surface area contributed by atoms with E-state index < -0.39 is 17.7 Å². The van der Waals surface area contributed by atoms with Crippen LogP contribution in [-0.2, 0) is 27.6 Å². The summed E-state index contributed by atoms with van der Waals surface area (Å²) in [7, 11) is 0. The lowest BCUT2D eigenvalue weighted by Crippen LogP contribution is -2.70. The predicted molar refractivity (Wildman–Crippen MR) is 240 cm³/mol. The number of halogens is 1. The van der Waals surface area contributed by atoms with Crippen LogP contribution >= 0.6 is 0 Å². The van der Waals surface area contributed by atoms with Gasteiger partial charge in [0.15, 0.2) is 0 Å². The second kappa shape index (κ2) is 22.2. The molecule has 1 heterocycles. The van der Waals surface area contributed by atoms with Gasteiger partial charge in [0.25, 0.3) is 0 Å². The second-order valence-corrected chi connectivity index (χ2v) is 17.7. The van der Waals surface area contributed by atoms with Crippen LogP contribution in [0.4, 0.5) is 4.39 Å². The Morgan fingerprint density at radius 1 is 0.968 bits per heavy atom. The molecule has 0 saturated heterocycles. The summed E-state index contributed by atoms with van der Waals surface area (Å²) in [5.74, 6) is -0.129. The molecule has 0 spiro atoms. The van der Waals surface area contributed by atoms with Crippen LogP contribution in [0.1, 0.15) is 119 Å². The Labute approximate surface area is 368 Å². The van der Waals surface area contributed by atoms with Crippen LogP contribution in [0.2, 0.25) is 0 Å². The molecule has 0 bridgehead atoms. The van der Waals surface area contributed by atoms with Crippen molar-refractivity contribution in [1.29, 1.82) is 0 Å². The summed E-state index contributed by atoms with van der Waals surface area (Å²) < 4.78 is 35.7. The van der Waals surface area contributed by atoms with E-state index in [0.29, 0.717) is 61.8 Å². The van der Waals surface area contributed by atoms with E-state index in [9.17, 15) is 19.4 Å². The minimum atomic E-state index is -1.31. The molecule has 1 aliphatic heterocycles. The molecule has 9 nitrogen and oxygen atoms in total. The van der Waals surface area contributed by atoms with Gasteiger partial charge in [0.2, 0.25) is 11.7 Å². The van der Waals surface area contributed by atoms with Crippen molar-refractivity contribution < 1.29 is 38.4 Å². The molecule has 2 fully saturated rings. The zero-order valence-electron chi connectivity index (χ0n) is 36.6. The van der Waals surface area contributed by atoms with Crippen molar-refractivity contribution in [3.63, 3.8) is 0 Å². The standard InChI is InChI=1S/C52H67FN2O7/c1-3-28-55(49(58)27-24-37-16-8-9-17-37)48-34-46(54-61-35-38-18-6-5-7-19-38)43-32-39(20-12-14-29-56)42(22-13-15-30-57)50-44-33-41(59-36-40-21-10-11-23-45(40)53)25-26-47(44)62-52(48,51(43)50)60-31-4-2/h4-7,10-11,18-19,21,23,25-26,32-33,37,39,42,48,50-51,56-57H,2-3,8-9,12-17,20,22,24,27-31,34-36H2,1H3. The number of benzene rings is 3. The maximum absolute atomic E-state index is 14.8. The lowest BCUT2D eigenvalue weighted by Gasteiger charge is -2.60. The number of hydrogen-bond acceptors (Lipinski definition) is 8. The Morgan fingerprint density at radius 2 is 1.73 bits per heavy atom. The third kappa shape index (κ3) is 10.5. The number of ether oxygens (including phenoxy) is 3. The van der Waals surface area contributed by atoms with Crippen LogP contribution < -0.4 is 9.47 Å². The van der Waals surface area contributed by atoms with Crippen molar-refractivity contribution >= 4 is 11.6 Å². The van der Waals surface area contributed by atoms with E-state index in [1.54, 1.807) is 24.3 Å². The zero-order valence-corrected chi connectivity index (χ0v) is 36.6. The molecule has 3 aliphatic carbocycles. The quantitative estimate of drug-likeness (QED) is 0.0555. The number of carbonyl (C=O) groups excluding carboxylic acids is 1. The van der Waals surface area contributed by atoms with Crippen LogP contribution in [-0.4, -0.2) is 64.9 Å². The molecule has 334 valence electrons. The number of aliphatic hydroxyl groups is 2. The molecule has 62 heavy (non-hydrogen) atoms. The molecule has 0 aromatic heterocycles. The van der Waals surface area contributed by atoms with Gasteiger partial charge in [0, 0.05) is 49.6 Å². The molecule has 2 saturated carbocycles. The fourth-order valence-electron chi connectivity index (χ4n) is 10.7. The third-order valence-electron chi connectivity index (χ3n) is 13.6. The topological polar surface area (TPSA) is 110 Å². The SMILES string of the molecule is C=CCOC12Oc3ccc(OCc4ccccc4F)cc3C3C(CCCCO)C(CCCCO)C=C(C(=NOCc4ccccc4)CC1N(CCC)C(=O)CCC1CCCC1)C32. The summed E-state index contributed by atoms with van der Waals surface area (Å²) >= 11 is 0. The average Bonchev–Trinajstić information content (AvgIpc) is 3.82. The van der Waals surface area contributed by atoms with Gasteiger partial charge < -0.3 is 34.2 Å². The minimum absolute atomic E-state index is 0.0637. The molecule has 3 aromatic carbocycles. The van der Waals surface area contributed by atoms with Crippen LogP contribution in [0.3, 0.4) is 0 Å². The van der Waals surface area contributed by atoms with Crippen molar-refractivity contribution in [1.82, 2.24) is 4.90 Å². The molecule has 3 aromatic rings. The summed E-state index contributed by atoms with van der Waals surface area (Å²) in [5.41, 5.74) is 4.21. The minimum Gasteiger partial charge on any atom is -0.489 e. The number of amides is 1. The summed E-state index contributed by atoms with van der Waals surface area (Å²) in [5, 5.41) is 24.9. The van der Waals surface area contributed by atoms with Gasteiger partial charge in [-0.25, -0.2) is 4.39 Å². The molecule has 7 rings (SSSR count). The molecule has 4 aliphatic rings. The number of hydrogen-bond donors (Lipinski definition) is 2. The number of fused-ring (bicyclic) bond motifs is 2. The highest BCUT2D eigenvalue weighted by Gasteiger charge is 2.65. The fraction of sp³-hybridized carbons (Fsp3) is 0.538. The van der Waals surface area contributed by atoms with Gasteiger partial charge in [-0.1, -0.05) is 111 Å². The first kappa shape index (κ1) is 45.5. The highest BCUT2D eigenvalue weighted by atomic mass is 19.1. The number of oxime groups is 1. The Kier molecular flexibility index (Phi) is 16.3. The van der Waals surface area contributed by atoms with Gasteiger partial charge >= 0.3 is 0 Å². The lowest BCUT2D eigenvalue weighted by molar-refractivity contribution is -0.257. The maximum atomic E-state index is 14.8. The smallest absolute Gasteiger partial charge is 0.239 e. The molecule has 6 atom stereocenters. The van der Waals surface area contributed by atoms with E-state index in [1.165, 1.54) is 31.7 Å². The van der Waals surface area contributed by atoms with E-state index in [-0.39, 0.29) is 55.9 Å². The average molecular weight is 851 g/mol.